The van der Waals surface area contributed by atoms with Crippen molar-refractivity contribution in [2.24, 2.45) is 0 Å². The lowest BCUT2D eigenvalue weighted by Gasteiger charge is -2.12. The van der Waals surface area contributed by atoms with Gasteiger partial charge in [0.1, 0.15) is 5.65 Å². The standard InChI is InChI=1S/C21H26N4O2/c1-15-6-4-7-16(2)19(15)24-21(26)23-11-9-17-14-25(12-13-27-3)20-18(17)8-5-10-22-20/h4-8,10,14H,9,11-13H2,1-3H3,(H2,23,24,26). The third-order valence-electron chi connectivity index (χ3n) is 4.65. The molecule has 2 aromatic heterocycles. The lowest BCUT2D eigenvalue weighted by Crippen LogP contribution is -2.31. The molecule has 0 spiro atoms. The Hall–Kier alpha value is -2.86. The van der Waals surface area contributed by atoms with Crippen LogP contribution < -0.4 is 10.6 Å². The summed E-state index contributed by atoms with van der Waals surface area (Å²) in [5.74, 6) is 0. The van der Waals surface area contributed by atoms with Crippen LogP contribution in [0.2, 0.25) is 0 Å². The molecule has 0 unspecified atom stereocenters. The molecule has 3 rings (SSSR count). The Labute approximate surface area is 159 Å². The first-order valence-electron chi connectivity index (χ1n) is 9.13. The summed E-state index contributed by atoms with van der Waals surface area (Å²) in [6, 6.07) is 9.79. The van der Waals surface area contributed by atoms with Gasteiger partial charge < -0.3 is 19.9 Å². The quantitative estimate of drug-likeness (QED) is 0.670. The molecule has 0 saturated heterocycles. The Kier molecular flexibility index (Phi) is 6.08. The molecule has 1 aromatic carbocycles. The van der Waals surface area contributed by atoms with Crippen LogP contribution in [0.4, 0.5) is 10.5 Å². The third-order valence-corrected chi connectivity index (χ3v) is 4.65. The van der Waals surface area contributed by atoms with Gasteiger partial charge in [-0.1, -0.05) is 18.2 Å². The van der Waals surface area contributed by atoms with Crippen molar-refractivity contribution in [3.63, 3.8) is 0 Å². The van der Waals surface area contributed by atoms with E-state index >= 15 is 0 Å². The van der Waals surface area contributed by atoms with E-state index in [9.17, 15) is 4.79 Å². The van der Waals surface area contributed by atoms with Gasteiger partial charge in [0.05, 0.1) is 6.61 Å². The molecule has 6 heteroatoms. The molecular formula is C21H26N4O2. The fraction of sp³-hybridized carbons (Fsp3) is 0.333. The van der Waals surface area contributed by atoms with Crippen LogP contribution in [0.1, 0.15) is 16.7 Å². The number of hydrogen-bond donors (Lipinski definition) is 2. The van der Waals surface area contributed by atoms with Crippen molar-refractivity contribution in [1.29, 1.82) is 0 Å². The second-order valence-corrected chi connectivity index (χ2v) is 6.61. The zero-order chi connectivity index (χ0) is 19.2. The number of fused-ring (bicyclic) bond motifs is 1. The number of para-hydroxylation sites is 1. The van der Waals surface area contributed by atoms with E-state index in [-0.39, 0.29) is 6.03 Å². The Balaban J connectivity index is 1.62. The summed E-state index contributed by atoms with van der Waals surface area (Å²) in [6.07, 6.45) is 4.63. The van der Waals surface area contributed by atoms with Crippen molar-refractivity contribution in [1.82, 2.24) is 14.9 Å². The van der Waals surface area contributed by atoms with Crippen LogP contribution in [0.15, 0.2) is 42.7 Å². The summed E-state index contributed by atoms with van der Waals surface area (Å²) < 4.78 is 7.28. The number of rotatable bonds is 7. The number of urea groups is 1. The number of nitrogens with one attached hydrogen (secondary N) is 2. The van der Waals surface area contributed by atoms with Crippen molar-refractivity contribution < 1.29 is 9.53 Å². The molecule has 0 atom stereocenters. The first-order chi connectivity index (χ1) is 13.1. The number of aromatic nitrogens is 2. The number of pyridine rings is 1. The number of nitrogens with zero attached hydrogens (tertiary/aromatic N) is 2. The summed E-state index contributed by atoms with van der Waals surface area (Å²) in [6.45, 7) is 5.92. The lowest BCUT2D eigenvalue weighted by molar-refractivity contribution is 0.188. The fourth-order valence-electron chi connectivity index (χ4n) is 3.23. The SMILES string of the molecule is COCCn1cc(CCNC(=O)Nc2c(C)cccc2C)c2cccnc21. The topological polar surface area (TPSA) is 68.2 Å². The summed E-state index contributed by atoms with van der Waals surface area (Å²) in [5, 5.41) is 7.01. The summed E-state index contributed by atoms with van der Waals surface area (Å²) >= 11 is 0. The molecule has 2 heterocycles. The van der Waals surface area contributed by atoms with Crippen molar-refractivity contribution in [3.8, 4) is 0 Å². The molecule has 0 fully saturated rings. The van der Waals surface area contributed by atoms with Crippen LogP contribution in [0.5, 0.6) is 0 Å². The van der Waals surface area contributed by atoms with E-state index in [1.807, 2.05) is 38.1 Å². The summed E-state index contributed by atoms with van der Waals surface area (Å²) in [7, 11) is 1.69. The van der Waals surface area contributed by atoms with Crippen molar-refractivity contribution >= 4 is 22.8 Å². The van der Waals surface area contributed by atoms with Gasteiger partial charge in [-0.25, -0.2) is 9.78 Å². The molecule has 27 heavy (non-hydrogen) atoms. The average molecular weight is 366 g/mol. The van der Waals surface area contributed by atoms with Crippen molar-refractivity contribution in [2.45, 2.75) is 26.8 Å². The zero-order valence-electron chi connectivity index (χ0n) is 16.1. The number of hydrogen-bond acceptors (Lipinski definition) is 3. The van der Waals surface area contributed by atoms with Gasteiger partial charge in [0, 0.05) is 43.7 Å². The summed E-state index contributed by atoms with van der Waals surface area (Å²) in [4.78, 5) is 16.7. The minimum atomic E-state index is -0.186. The van der Waals surface area contributed by atoms with E-state index in [4.69, 9.17) is 4.74 Å². The van der Waals surface area contributed by atoms with Crippen molar-refractivity contribution in [3.05, 3.63) is 59.4 Å². The average Bonchev–Trinajstić information content (AvgIpc) is 3.01. The number of methoxy groups -OCH3 is 1. The fourth-order valence-corrected chi connectivity index (χ4v) is 3.23. The monoisotopic (exact) mass is 366 g/mol. The third kappa shape index (κ3) is 4.46. The Morgan fingerprint density at radius 2 is 1.96 bits per heavy atom. The molecule has 0 radical (unpaired) electrons. The highest BCUT2D eigenvalue weighted by Gasteiger charge is 2.10. The van der Waals surface area contributed by atoms with Crippen LogP contribution in [-0.2, 0) is 17.7 Å². The van der Waals surface area contributed by atoms with Gasteiger partial charge in [0.15, 0.2) is 0 Å². The van der Waals surface area contributed by atoms with Crippen LogP contribution in [0, 0.1) is 13.8 Å². The number of amides is 2. The van der Waals surface area contributed by atoms with Gasteiger partial charge in [-0.3, -0.25) is 0 Å². The van der Waals surface area contributed by atoms with Crippen LogP contribution in [0.3, 0.4) is 0 Å². The lowest BCUT2D eigenvalue weighted by atomic mass is 10.1. The van der Waals surface area contributed by atoms with E-state index in [0.29, 0.717) is 13.2 Å². The highest BCUT2D eigenvalue weighted by Crippen LogP contribution is 2.20. The predicted molar refractivity (Wildman–Crippen MR) is 108 cm³/mol. The minimum Gasteiger partial charge on any atom is -0.383 e. The molecular weight excluding hydrogens is 340 g/mol. The largest absolute Gasteiger partial charge is 0.383 e. The van der Waals surface area contributed by atoms with Gasteiger partial charge >= 0.3 is 6.03 Å². The second kappa shape index (κ2) is 8.68. The maximum atomic E-state index is 12.3. The molecule has 0 aliphatic heterocycles. The van der Waals surface area contributed by atoms with Crippen LogP contribution in [0.25, 0.3) is 11.0 Å². The molecule has 0 aliphatic rings. The highest BCUT2D eigenvalue weighted by atomic mass is 16.5. The summed E-state index contributed by atoms with van der Waals surface area (Å²) in [5.41, 5.74) is 5.09. The minimum absolute atomic E-state index is 0.186. The molecule has 0 bridgehead atoms. The molecule has 2 N–H and O–H groups in total. The van der Waals surface area contributed by atoms with E-state index in [0.717, 1.165) is 40.8 Å². The zero-order valence-corrected chi connectivity index (χ0v) is 16.1. The van der Waals surface area contributed by atoms with Gasteiger partial charge in [-0.05, 0) is 49.1 Å². The van der Waals surface area contributed by atoms with Gasteiger partial charge in [-0.2, -0.15) is 0 Å². The molecule has 0 saturated carbocycles. The van der Waals surface area contributed by atoms with E-state index in [1.165, 1.54) is 5.56 Å². The molecule has 142 valence electrons. The maximum Gasteiger partial charge on any atom is 0.319 e. The highest BCUT2D eigenvalue weighted by molar-refractivity contribution is 5.91. The number of carbonyl (C=O) groups is 1. The first kappa shape index (κ1) is 18.9. The number of ether oxygens (including phenoxy) is 1. The molecule has 6 nitrogen and oxygen atoms in total. The smallest absolute Gasteiger partial charge is 0.319 e. The Morgan fingerprint density at radius 1 is 1.19 bits per heavy atom. The molecule has 0 aliphatic carbocycles. The number of carbonyl (C=O) groups excluding carboxylic acids is 1. The number of aryl methyl sites for hydroxylation is 2. The van der Waals surface area contributed by atoms with Crippen LogP contribution in [-0.4, -0.2) is 35.8 Å². The van der Waals surface area contributed by atoms with Gasteiger partial charge in [-0.15, -0.1) is 0 Å². The van der Waals surface area contributed by atoms with E-state index < -0.39 is 0 Å². The predicted octanol–water partition coefficient (Wildman–Crippen LogP) is 3.66. The number of benzene rings is 1. The number of anilines is 1. The van der Waals surface area contributed by atoms with E-state index in [2.05, 4.69) is 32.4 Å². The van der Waals surface area contributed by atoms with E-state index in [1.54, 1.807) is 13.3 Å². The molecule has 2 amide bonds. The van der Waals surface area contributed by atoms with Crippen molar-refractivity contribution in [2.75, 3.05) is 25.6 Å². The van der Waals surface area contributed by atoms with Gasteiger partial charge in [0.25, 0.3) is 0 Å². The van der Waals surface area contributed by atoms with Gasteiger partial charge in [0.2, 0.25) is 0 Å². The molecule has 3 aromatic rings. The Morgan fingerprint density at radius 3 is 2.70 bits per heavy atom. The maximum absolute atomic E-state index is 12.3. The normalized spacial score (nSPS) is 10.9. The Bertz CT molecular complexity index is 913. The van der Waals surface area contributed by atoms with Crippen LogP contribution >= 0.6 is 0 Å². The first-order valence-corrected chi connectivity index (χ1v) is 9.13. The second-order valence-electron chi connectivity index (χ2n) is 6.61.